The molecule has 1 aromatic carbocycles. The fourth-order valence-corrected chi connectivity index (χ4v) is 3.97. The van der Waals surface area contributed by atoms with Crippen LogP contribution in [0, 0.1) is 19.8 Å². The topological polar surface area (TPSA) is 81.2 Å². The molecule has 1 aliphatic rings. The Kier molecular flexibility index (Phi) is 4.01. The molecule has 1 N–H and O–H groups in total. The molecular formula is C23H21N3O3. The monoisotopic (exact) mass is 387 g/mol. The maximum absolute atomic E-state index is 11.5. The van der Waals surface area contributed by atoms with E-state index in [2.05, 4.69) is 22.0 Å². The van der Waals surface area contributed by atoms with Crippen molar-refractivity contribution in [3.63, 3.8) is 0 Å². The smallest absolute Gasteiger partial charge is 0.335 e. The number of aromatic nitrogens is 3. The van der Waals surface area contributed by atoms with Gasteiger partial charge in [0.05, 0.1) is 11.3 Å². The number of rotatable bonds is 5. The molecular weight excluding hydrogens is 366 g/mol. The van der Waals surface area contributed by atoms with E-state index in [9.17, 15) is 9.90 Å². The summed E-state index contributed by atoms with van der Waals surface area (Å²) in [5, 5.41) is 14.5. The molecule has 0 aliphatic heterocycles. The van der Waals surface area contributed by atoms with E-state index in [0.717, 1.165) is 51.3 Å². The zero-order chi connectivity index (χ0) is 20.1. The van der Waals surface area contributed by atoms with Crippen molar-refractivity contribution in [2.75, 3.05) is 0 Å². The highest BCUT2D eigenvalue weighted by atomic mass is 16.5. The molecule has 0 amide bonds. The molecule has 29 heavy (non-hydrogen) atoms. The van der Waals surface area contributed by atoms with Gasteiger partial charge >= 0.3 is 5.97 Å². The second-order valence-corrected chi connectivity index (χ2v) is 7.82. The first kappa shape index (κ1) is 17.7. The molecule has 0 unspecified atom stereocenters. The summed E-state index contributed by atoms with van der Waals surface area (Å²) in [4.78, 5) is 16.2. The van der Waals surface area contributed by atoms with Crippen molar-refractivity contribution in [3.05, 3.63) is 59.7 Å². The van der Waals surface area contributed by atoms with Crippen LogP contribution in [-0.4, -0.2) is 25.8 Å². The lowest BCUT2D eigenvalue weighted by atomic mass is 10.0. The number of nitrogens with zero attached hydrogens (tertiary/aromatic N) is 3. The molecule has 0 bridgehead atoms. The molecule has 6 heteroatoms. The molecule has 4 aromatic rings. The number of carboxylic acids is 1. The first-order chi connectivity index (χ1) is 14.0. The van der Waals surface area contributed by atoms with Crippen LogP contribution in [0.4, 0.5) is 0 Å². The van der Waals surface area contributed by atoms with Crippen LogP contribution in [0.25, 0.3) is 33.3 Å². The van der Waals surface area contributed by atoms with Crippen molar-refractivity contribution in [1.29, 1.82) is 0 Å². The third-order valence-corrected chi connectivity index (χ3v) is 5.61. The number of hydrogen-bond donors (Lipinski definition) is 1. The van der Waals surface area contributed by atoms with Crippen LogP contribution in [0.1, 0.15) is 34.7 Å². The fraction of sp³-hybridized carbons (Fsp3) is 0.261. The zero-order valence-electron chi connectivity index (χ0n) is 16.3. The van der Waals surface area contributed by atoms with Gasteiger partial charge in [-0.1, -0.05) is 17.3 Å². The van der Waals surface area contributed by atoms with E-state index in [0.29, 0.717) is 5.92 Å². The Hall–Kier alpha value is -3.41. The van der Waals surface area contributed by atoms with Crippen molar-refractivity contribution >= 4 is 17.0 Å². The van der Waals surface area contributed by atoms with E-state index in [1.165, 1.54) is 12.8 Å². The summed E-state index contributed by atoms with van der Waals surface area (Å²) >= 11 is 0. The van der Waals surface area contributed by atoms with E-state index in [1.807, 2.05) is 26.1 Å². The van der Waals surface area contributed by atoms with Gasteiger partial charge in [0.25, 0.3) is 0 Å². The van der Waals surface area contributed by atoms with E-state index in [1.54, 1.807) is 18.2 Å². The Morgan fingerprint density at radius 3 is 2.76 bits per heavy atom. The minimum absolute atomic E-state index is 0.278. The highest BCUT2D eigenvalue weighted by Crippen LogP contribution is 2.37. The van der Waals surface area contributed by atoms with Crippen molar-refractivity contribution in [3.8, 4) is 22.3 Å². The molecule has 0 radical (unpaired) electrons. The summed E-state index contributed by atoms with van der Waals surface area (Å²) in [7, 11) is 0. The van der Waals surface area contributed by atoms with Crippen molar-refractivity contribution < 1.29 is 14.4 Å². The summed E-state index contributed by atoms with van der Waals surface area (Å²) in [5.41, 5.74) is 5.80. The van der Waals surface area contributed by atoms with Crippen LogP contribution < -0.4 is 0 Å². The van der Waals surface area contributed by atoms with Crippen molar-refractivity contribution in [2.45, 2.75) is 33.2 Å². The highest BCUT2D eigenvalue weighted by molar-refractivity contribution is 5.98. The first-order valence-electron chi connectivity index (χ1n) is 9.77. The summed E-state index contributed by atoms with van der Waals surface area (Å²) in [6, 6.07) is 9.19. The standard InChI is InChI=1S/C23H21N3O3/c1-13-21(14(2)29-25-13)18-9-19-20(16-4-3-5-17(8-16)23(27)28)12-26(11-15-6-7-15)22(19)24-10-18/h3-5,8-10,12,15H,6-7,11H2,1-2H3,(H,27,28). The third-order valence-electron chi connectivity index (χ3n) is 5.61. The maximum atomic E-state index is 11.5. The van der Waals surface area contributed by atoms with Crippen LogP contribution >= 0.6 is 0 Å². The second-order valence-electron chi connectivity index (χ2n) is 7.82. The van der Waals surface area contributed by atoms with Gasteiger partial charge in [0.1, 0.15) is 11.4 Å². The average molecular weight is 387 g/mol. The summed E-state index contributed by atoms with van der Waals surface area (Å²) in [6.45, 7) is 4.76. The minimum atomic E-state index is -0.928. The van der Waals surface area contributed by atoms with E-state index in [4.69, 9.17) is 9.51 Å². The number of benzene rings is 1. The number of hydrogen-bond acceptors (Lipinski definition) is 4. The molecule has 0 atom stereocenters. The molecule has 3 aromatic heterocycles. The largest absolute Gasteiger partial charge is 0.478 e. The van der Waals surface area contributed by atoms with Crippen LogP contribution in [0.5, 0.6) is 0 Å². The quantitative estimate of drug-likeness (QED) is 0.516. The summed E-state index contributed by atoms with van der Waals surface area (Å²) in [6.07, 6.45) is 6.48. The predicted octanol–water partition coefficient (Wildman–Crippen LogP) is 5.08. The first-order valence-corrected chi connectivity index (χ1v) is 9.77. The van der Waals surface area contributed by atoms with Gasteiger partial charge in [0.2, 0.25) is 0 Å². The Morgan fingerprint density at radius 1 is 1.24 bits per heavy atom. The number of aryl methyl sites for hydroxylation is 2. The molecule has 0 saturated heterocycles. The van der Waals surface area contributed by atoms with Gasteiger partial charge < -0.3 is 14.2 Å². The number of aromatic carboxylic acids is 1. The molecule has 6 nitrogen and oxygen atoms in total. The Balaban J connectivity index is 1.72. The Bertz CT molecular complexity index is 1230. The summed E-state index contributed by atoms with van der Waals surface area (Å²) < 4.78 is 7.54. The lowest BCUT2D eigenvalue weighted by molar-refractivity contribution is 0.0697. The van der Waals surface area contributed by atoms with E-state index >= 15 is 0 Å². The second kappa shape index (κ2) is 6.58. The van der Waals surface area contributed by atoms with Gasteiger partial charge in [-0.2, -0.15) is 0 Å². The normalized spacial score (nSPS) is 13.9. The average Bonchev–Trinajstić information content (AvgIpc) is 3.37. The predicted molar refractivity (Wildman–Crippen MR) is 110 cm³/mol. The van der Waals surface area contributed by atoms with Gasteiger partial charge in [-0.3, -0.25) is 0 Å². The molecule has 146 valence electrons. The van der Waals surface area contributed by atoms with Gasteiger partial charge in [0, 0.05) is 41.0 Å². The molecule has 5 rings (SSSR count). The SMILES string of the molecule is Cc1noc(C)c1-c1cnc2c(c1)c(-c1cccc(C(=O)O)c1)cn2CC1CC1. The van der Waals surface area contributed by atoms with E-state index in [-0.39, 0.29) is 5.56 Å². The maximum Gasteiger partial charge on any atom is 0.335 e. The van der Waals surface area contributed by atoms with Crippen LogP contribution in [0.3, 0.4) is 0 Å². The molecule has 1 aliphatic carbocycles. The van der Waals surface area contributed by atoms with Gasteiger partial charge in [0.15, 0.2) is 0 Å². The van der Waals surface area contributed by atoms with E-state index < -0.39 is 5.97 Å². The number of carbonyl (C=O) groups is 1. The lowest BCUT2D eigenvalue weighted by Gasteiger charge is -2.05. The molecule has 3 heterocycles. The number of carboxylic acid groups (broad SMARTS) is 1. The fourth-order valence-electron chi connectivity index (χ4n) is 3.97. The van der Waals surface area contributed by atoms with Crippen LogP contribution in [0.15, 0.2) is 47.2 Å². The highest BCUT2D eigenvalue weighted by Gasteiger charge is 2.24. The third kappa shape index (κ3) is 3.10. The summed E-state index contributed by atoms with van der Waals surface area (Å²) in [5.74, 6) is 0.534. The van der Waals surface area contributed by atoms with Gasteiger partial charge in [-0.25, -0.2) is 9.78 Å². The van der Waals surface area contributed by atoms with Crippen molar-refractivity contribution in [2.24, 2.45) is 5.92 Å². The lowest BCUT2D eigenvalue weighted by Crippen LogP contribution is -1.99. The zero-order valence-corrected chi connectivity index (χ0v) is 16.3. The number of fused-ring (bicyclic) bond motifs is 1. The van der Waals surface area contributed by atoms with Gasteiger partial charge in [-0.15, -0.1) is 0 Å². The molecule has 1 fully saturated rings. The number of pyridine rings is 1. The Morgan fingerprint density at radius 2 is 2.07 bits per heavy atom. The van der Waals surface area contributed by atoms with Crippen LogP contribution in [0.2, 0.25) is 0 Å². The Labute approximate surface area is 167 Å². The minimum Gasteiger partial charge on any atom is -0.478 e. The van der Waals surface area contributed by atoms with Crippen LogP contribution in [-0.2, 0) is 6.54 Å². The van der Waals surface area contributed by atoms with Crippen molar-refractivity contribution in [1.82, 2.24) is 14.7 Å². The van der Waals surface area contributed by atoms with Gasteiger partial charge in [-0.05, 0) is 56.4 Å². The molecule has 1 saturated carbocycles. The molecule has 0 spiro atoms.